The number of aliphatic imine (C=N–C) groups is 1. The van der Waals surface area contributed by atoms with Crippen molar-refractivity contribution in [3.63, 3.8) is 0 Å². The minimum absolute atomic E-state index is 0.174. The lowest BCUT2D eigenvalue weighted by atomic mass is 10.0. The quantitative estimate of drug-likeness (QED) is 0.509. The third-order valence-corrected chi connectivity index (χ3v) is 5.10. The molecule has 3 rings (SSSR count). The Labute approximate surface area is 160 Å². The summed E-state index contributed by atoms with van der Waals surface area (Å²) in [5.74, 6) is 1.03. The van der Waals surface area contributed by atoms with Gasteiger partial charge in [-0.2, -0.15) is 0 Å². The molecule has 2 aromatic carbocycles. The SMILES string of the molecule is CC=CC1N=C(c2cc(Br)cc(Br)c2)N(c2ccccc2)C1CC. The van der Waals surface area contributed by atoms with Crippen LogP contribution in [0.25, 0.3) is 0 Å². The normalized spacial score (nSPS) is 20.7. The first-order chi connectivity index (χ1) is 11.6. The molecular formula is C20H20Br2N2. The first-order valence-electron chi connectivity index (χ1n) is 8.15. The summed E-state index contributed by atoms with van der Waals surface area (Å²) in [6.07, 6.45) is 5.33. The Kier molecular flexibility index (Phi) is 5.57. The zero-order valence-electron chi connectivity index (χ0n) is 13.8. The molecule has 2 nitrogen and oxygen atoms in total. The maximum atomic E-state index is 5.05. The van der Waals surface area contributed by atoms with Gasteiger partial charge >= 0.3 is 0 Å². The Bertz CT molecular complexity index is 748. The lowest BCUT2D eigenvalue weighted by Gasteiger charge is -2.29. The van der Waals surface area contributed by atoms with Gasteiger partial charge in [0.2, 0.25) is 0 Å². The fraction of sp³-hybridized carbons (Fsp3) is 0.250. The van der Waals surface area contributed by atoms with Crippen molar-refractivity contribution < 1.29 is 0 Å². The second-order valence-corrected chi connectivity index (χ2v) is 7.64. The first kappa shape index (κ1) is 17.4. The number of nitrogens with zero attached hydrogens (tertiary/aromatic N) is 2. The van der Waals surface area contributed by atoms with E-state index in [0.29, 0.717) is 6.04 Å². The second-order valence-electron chi connectivity index (χ2n) is 5.81. The van der Waals surface area contributed by atoms with E-state index in [0.717, 1.165) is 26.8 Å². The first-order valence-corrected chi connectivity index (χ1v) is 9.74. The maximum Gasteiger partial charge on any atom is 0.136 e. The molecule has 1 aliphatic rings. The highest BCUT2D eigenvalue weighted by Crippen LogP contribution is 2.32. The van der Waals surface area contributed by atoms with E-state index in [1.165, 1.54) is 5.69 Å². The van der Waals surface area contributed by atoms with Crippen LogP contribution >= 0.6 is 31.9 Å². The van der Waals surface area contributed by atoms with E-state index in [1.54, 1.807) is 0 Å². The molecule has 2 unspecified atom stereocenters. The number of allylic oxidation sites excluding steroid dienone is 1. The van der Waals surface area contributed by atoms with E-state index in [4.69, 9.17) is 4.99 Å². The van der Waals surface area contributed by atoms with Crippen LogP contribution < -0.4 is 4.90 Å². The lowest BCUT2D eigenvalue weighted by Crippen LogP contribution is -2.39. The fourth-order valence-electron chi connectivity index (χ4n) is 3.19. The average Bonchev–Trinajstić information content (AvgIpc) is 2.93. The van der Waals surface area contributed by atoms with Crippen LogP contribution in [0.2, 0.25) is 0 Å². The van der Waals surface area contributed by atoms with E-state index in [2.05, 4.69) is 105 Å². The minimum Gasteiger partial charge on any atom is -0.321 e. The molecule has 0 saturated heterocycles. The van der Waals surface area contributed by atoms with Gasteiger partial charge in [-0.25, -0.2) is 0 Å². The zero-order chi connectivity index (χ0) is 17.1. The van der Waals surface area contributed by atoms with Gasteiger partial charge in [-0.05, 0) is 43.7 Å². The van der Waals surface area contributed by atoms with Gasteiger partial charge in [-0.15, -0.1) is 0 Å². The van der Waals surface area contributed by atoms with Gasteiger partial charge in [0.1, 0.15) is 5.84 Å². The topological polar surface area (TPSA) is 15.6 Å². The predicted molar refractivity (Wildman–Crippen MR) is 110 cm³/mol. The van der Waals surface area contributed by atoms with Crippen molar-refractivity contribution in [2.75, 3.05) is 4.90 Å². The van der Waals surface area contributed by atoms with Crippen molar-refractivity contribution in [1.29, 1.82) is 0 Å². The number of amidine groups is 1. The summed E-state index contributed by atoms with van der Waals surface area (Å²) in [5, 5.41) is 0. The van der Waals surface area contributed by atoms with Gasteiger partial charge in [-0.1, -0.05) is 69.1 Å². The van der Waals surface area contributed by atoms with Crippen LogP contribution in [0.3, 0.4) is 0 Å². The lowest BCUT2D eigenvalue weighted by molar-refractivity contribution is 0.612. The van der Waals surface area contributed by atoms with Gasteiger partial charge in [-0.3, -0.25) is 4.99 Å². The van der Waals surface area contributed by atoms with E-state index in [-0.39, 0.29) is 6.04 Å². The van der Waals surface area contributed by atoms with E-state index in [1.807, 2.05) is 6.07 Å². The second kappa shape index (κ2) is 7.66. The monoisotopic (exact) mass is 446 g/mol. The third kappa shape index (κ3) is 3.50. The largest absolute Gasteiger partial charge is 0.321 e. The molecule has 0 bridgehead atoms. The summed E-state index contributed by atoms with van der Waals surface area (Å²) >= 11 is 7.19. The molecule has 1 aliphatic heterocycles. The molecule has 0 aliphatic carbocycles. The van der Waals surface area contributed by atoms with Crippen molar-refractivity contribution in [3.8, 4) is 0 Å². The number of rotatable bonds is 4. The molecule has 2 atom stereocenters. The molecule has 0 amide bonds. The van der Waals surface area contributed by atoms with E-state index in [9.17, 15) is 0 Å². The van der Waals surface area contributed by atoms with Crippen LogP contribution in [0.5, 0.6) is 0 Å². The van der Waals surface area contributed by atoms with Crippen LogP contribution in [0.1, 0.15) is 25.8 Å². The van der Waals surface area contributed by atoms with Crippen LogP contribution in [0.15, 0.2) is 74.6 Å². The molecule has 0 fully saturated rings. The standard InChI is InChI=1S/C20H20Br2N2/c1-3-8-18-19(4-2)24(17-9-6-5-7-10-17)20(23-18)14-11-15(21)13-16(22)12-14/h3,5-13,18-19H,4H2,1-2H3. The molecule has 2 aromatic rings. The van der Waals surface area contributed by atoms with Crippen LogP contribution in [-0.4, -0.2) is 17.9 Å². The van der Waals surface area contributed by atoms with Crippen LogP contribution in [0.4, 0.5) is 5.69 Å². The highest BCUT2D eigenvalue weighted by atomic mass is 79.9. The zero-order valence-corrected chi connectivity index (χ0v) is 17.0. The van der Waals surface area contributed by atoms with Crippen LogP contribution in [0, 0.1) is 0 Å². The summed E-state index contributed by atoms with van der Waals surface area (Å²) in [6.45, 7) is 4.29. The predicted octanol–water partition coefficient (Wildman–Crippen LogP) is 6.20. The van der Waals surface area contributed by atoms with Gasteiger partial charge in [0.15, 0.2) is 0 Å². The van der Waals surface area contributed by atoms with Gasteiger partial charge < -0.3 is 4.90 Å². The minimum atomic E-state index is 0.174. The summed E-state index contributed by atoms with van der Waals surface area (Å²) in [4.78, 5) is 7.43. The Morgan fingerprint density at radius 1 is 1.08 bits per heavy atom. The van der Waals surface area contributed by atoms with Crippen molar-refractivity contribution in [3.05, 3.63) is 75.2 Å². The number of hydrogen-bond acceptors (Lipinski definition) is 2. The molecule has 0 N–H and O–H groups in total. The third-order valence-electron chi connectivity index (χ3n) is 4.19. The number of hydrogen-bond donors (Lipinski definition) is 0. The van der Waals surface area contributed by atoms with Gasteiger partial charge in [0.25, 0.3) is 0 Å². The maximum absolute atomic E-state index is 5.05. The molecule has 1 heterocycles. The number of anilines is 1. The number of para-hydroxylation sites is 1. The highest BCUT2D eigenvalue weighted by Gasteiger charge is 2.35. The smallest absolute Gasteiger partial charge is 0.136 e. The Morgan fingerprint density at radius 3 is 2.33 bits per heavy atom. The van der Waals surface area contributed by atoms with Crippen molar-refractivity contribution in [1.82, 2.24) is 0 Å². The average molecular weight is 448 g/mol. The summed E-state index contributed by atoms with van der Waals surface area (Å²) in [5.41, 5.74) is 2.30. The molecule has 4 heteroatoms. The molecule has 24 heavy (non-hydrogen) atoms. The van der Waals surface area contributed by atoms with Crippen molar-refractivity contribution >= 4 is 43.4 Å². The molecular weight excluding hydrogens is 428 g/mol. The highest BCUT2D eigenvalue weighted by molar-refractivity contribution is 9.11. The van der Waals surface area contributed by atoms with Crippen molar-refractivity contribution in [2.45, 2.75) is 32.4 Å². The number of benzene rings is 2. The Morgan fingerprint density at radius 2 is 1.75 bits per heavy atom. The summed E-state index contributed by atoms with van der Waals surface area (Å²) in [7, 11) is 0. The fourth-order valence-corrected chi connectivity index (χ4v) is 4.48. The number of halogens is 2. The Balaban J connectivity index is 2.13. The summed E-state index contributed by atoms with van der Waals surface area (Å²) < 4.78 is 2.09. The molecule has 0 radical (unpaired) electrons. The summed E-state index contributed by atoms with van der Waals surface area (Å²) in [6, 6.07) is 17.3. The van der Waals surface area contributed by atoms with E-state index >= 15 is 0 Å². The molecule has 124 valence electrons. The van der Waals surface area contributed by atoms with Gasteiger partial charge in [0, 0.05) is 20.2 Å². The van der Waals surface area contributed by atoms with Crippen LogP contribution in [-0.2, 0) is 0 Å². The molecule has 0 saturated carbocycles. The molecule has 0 spiro atoms. The molecule has 0 aromatic heterocycles. The Hall–Kier alpha value is -1.39. The van der Waals surface area contributed by atoms with Gasteiger partial charge in [0.05, 0.1) is 12.1 Å². The van der Waals surface area contributed by atoms with Crippen molar-refractivity contribution in [2.24, 2.45) is 4.99 Å². The van der Waals surface area contributed by atoms with E-state index < -0.39 is 0 Å².